The van der Waals surface area contributed by atoms with Crippen molar-refractivity contribution in [2.45, 2.75) is 75.9 Å². The number of rotatable bonds is 6. The van der Waals surface area contributed by atoms with Crippen LogP contribution in [0.3, 0.4) is 0 Å². The number of hydrogen-bond acceptors (Lipinski definition) is 4. The Bertz CT molecular complexity index is 1100. The highest BCUT2D eigenvalue weighted by Gasteiger charge is 2.62. The van der Waals surface area contributed by atoms with Gasteiger partial charge in [0.05, 0.1) is 0 Å². The van der Waals surface area contributed by atoms with Gasteiger partial charge in [-0.15, -0.1) is 23.4 Å². The number of nitrogens with one attached hydrogen (secondary N) is 2. The van der Waals surface area contributed by atoms with Gasteiger partial charge in [0.1, 0.15) is 5.78 Å². The number of ketones is 2. The Balaban J connectivity index is 1.42. The second-order valence-electron chi connectivity index (χ2n) is 12.1. The number of amides is 2. The van der Waals surface area contributed by atoms with E-state index in [9.17, 15) is 14.4 Å². The summed E-state index contributed by atoms with van der Waals surface area (Å²) in [5, 5.41) is 5.94. The van der Waals surface area contributed by atoms with Gasteiger partial charge in [0.25, 0.3) is 0 Å². The second-order valence-corrected chi connectivity index (χ2v) is 13.8. The van der Waals surface area contributed by atoms with Crippen molar-refractivity contribution < 1.29 is 14.4 Å². The fourth-order valence-corrected chi connectivity index (χ4v) is 9.95. The van der Waals surface area contributed by atoms with Gasteiger partial charge in [-0.25, -0.2) is 4.79 Å². The van der Waals surface area contributed by atoms with Crippen LogP contribution in [0, 0.1) is 34.5 Å². The highest BCUT2D eigenvalue weighted by Crippen LogP contribution is 2.68. The lowest BCUT2D eigenvalue weighted by Crippen LogP contribution is -2.55. The first-order valence-corrected chi connectivity index (χ1v) is 15.2. The Morgan fingerprint density at radius 1 is 1.08 bits per heavy atom. The van der Waals surface area contributed by atoms with E-state index >= 15 is 0 Å². The number of urea groups is 1. The number of allylic oxidation sites excluding steroid dienone is 1. The van der Waals surface area contributed by atoms with E-state index in [2.05, 4.69) is 36.6 Å². The number of anilines is 1. The molecule has 4 aliphatic carbocycles. The molecule has 1 aromatic rings. The van der Waals surface area contributed by atoms with Gasteiger partial charge in [-0.05, 0) is 104 Å². The Hall–Kier alpha value is -1.79. The third-order valence-corrected chi connectivity index (χ3v) is 11.7. The van der Waals surface area contributed by atoms with E-state index in [-0.39, 0.29) is 28.6 Å². The number of alkyl halides is 1. The van der Waals surface area contributed by atoms with E-state index in [0.717, 1.165) is 44.2 Å². The normalized spacial score (nSPS) is 36.6. The molecule has 0 radical (unpaired) electrons. The van der Waals surface area contributed by atoms with Crippen molar-refractivity contribution in [1.29, 1.82) is 0 Å². The summed E-state index contributed by atoms with van der Waals surface area (Å²) in [6.07, 6.45) is 8.93. The molecule has 7 atom stereocenters. The van der Waals surface area contributed by atoms with Crippen LogP contribution in [-0.2, 0) is 9.59 Å². The first-order chi connectivity index (χ1) is 17.7. The van der Waals surface area contributed by atoms with Gasteiger partial charge in [-0.3, -0.25) is 9.59 Å². The molecule has 7 heteroatoms. The fourth-order valence-electron chi connectivity index (χ4n) is 8.42. The zero-order valence-electron chi connectivity index (χ0n) is 22.1. The van der Waals surface area contributed by atoms with E-state index in [1.165, 1.54) is 10.5 Å². The van der Waals surface area contributed by atoms with E-state index < -0.39 is 0 Å². The Morgan fingerprint density at radius 2 is 1.84 bits per heavy atom. The van der Waals surface area contributed by atoms with E-state index in [1.54, 1.807) is 6.92 Å². The van der Waals surface area contributed by atoms with Gasteiger partial charge in [-0.1, -0.05) is 19.4 Å². The van der Waals surface area contributed by atoms with Gasteiger partial charge >= 0.3 is 6.03 Å². The zero-order chi connectivity index (χ0) is 26.4. The van der Waals surface area contributed by atoms with Crippen molar-refractivity contribution >= 4 is 46.6 Å². The van der Waals surface area contributed by atoms with Gasteiger partial charge < -0.3 is 10.6 Å². The molecule has 1 aromatic carbocycles. The minimum atomic E-state index is -0.257. The Labute approximate surface area is 229 Å². The second kappa shape index (κ2) is 10.4. The number of halogens is 1. The quantitative estimate of drug-likeness (QED) is 0.385. The minimum absolute atomic E-state index is 0.0814. The molecule has 0 aliphatic heterocycles. The lowest BCUT2D eigenvalue weighted by atomic mass is 9.46. The average molecular weight is 543 g/mol. The van der Waals surface area contributed by atoms with Crippen LogP contribution in [-0.4, -0.2) is 35.3 Å². The summed E-state index contributed by atoms with van der Waals surface area (Å²) < 4.78 is 0. The number of fused-ring (bicyclic) bond motifs is 5. The van der Waals surface area contributed by atoms with Crippen LogP contribution in [0.2, 0.25) is 0 Å². The van der Waals surface area contributed by atoms with Crippen molar-refractivity contribution in [3.05, 3.63) is 35.9 Å². The van der Waals surface area contributed by atoms with Crippen LogP contribution in [0.15, 0.2) is 40.8 Å². The molecule has 3 saturated carbocycles. The van der Waals surface area contributed by atoms with Crippen LogP contribution in [0.5, 0.6) is 0 Å². The molecule has 4 unspecified atom stereocenters. The number of carbonyl (C=O) groups excluding carboxylic acids is 3. The molecule has 5 nitrogen and oxygen atoms in total. The minimum Gasteiger partial charge on any atom is -0.337 e. The third kappa shape index (κ3) is 4.89. The van der Waals surface area contributed by atoms with Gasteiger partial charge in [0.15, 0.2) is 5.78 Å². The maximum absolute atomic E-state index is 12.6. The SMILES string of the molecule is CC(=O)C1CCC2C3C(CC[C@]12C)[C@@]1(C)CCC(=O)C=C1C[C@H]3Sc1ccc(NC(=O)NCCCl)cc1. The molecule has 2 amide bonds. The Morgan fingerprint density at radius 3 is 2.54 bits per heavy atom. The number of hydrogen-bond donors (Lipinski definition) is 2. The molecule has 0 bridgehead atoms. The van der Waals surface area contributed by atoms with Crippen LogP contribution in [0.4, 0.5) is 10.5 Å². The number of Topliss-reactive ketones (excluding diaryl/α,β-unsaturated/α-hetero) is 1. The first-order valence-electron chi connectivity index (χ1n) is 13.8. The van der Waals surface area contributed by atoms with E-state index in [4.69, 9.17) is 11.6 Å². The summed E-state index contributed by atoms with van der Waals surface area (Å²) >= 11 is 7.57. The summed E-state index contributed by atoms with van der Waals surface area (Å²) in [5.41, 5.74) is 2.27. The van der Waals surface area contributed by atoms with Crippen molar-refractivity contribution in [2.75, 3.05) is 17.7 Å². The predicted molar refractivity (Wildman–Crippen MR) is 150 cm³/mol. The van der Waals surface area contributed by atoms with Crippen molar-refractivity contribution in [1.82, 2.24) is 5.32 Å². The topological polar surface area (TPSA) is 75.3 Å². The van der Waals surface area contributed by atoms with E-state index in [0.29, 0.717) is 47.6 Å². The summed E-state index contributed by atoms with van der Waals surface area (Å²) in [6, 6.07) is 7.80. The molecule has 5 rings (SSSR count). The molecular formula is C30H39ClN2O3S. The molecule has 2 N–H and O–H groups in total. The maximum atomic E-state index is 12.6. The smallest absolute Gasteiger partial charge is 0.319 e. The molecule has 200 valence electrons. The molecule has 3 fully saturated rings. The average Bonchev–Trinajstić information content (AvgIpc) is 3.22. The van der Waals surface area contributed by atoms with Crippen LogP contribution < -0.4 is 10.6 Å². The van der Waals surface area contributed by atoms with Gasteiger partial charge in [-0.2, -0.15) is 0 Å². The Kier molecular flexibility index (Phi) is 7.54. The van der Waals surface area contributed by atoms with Gasteiger partial charge in [0, 0.05) is 40.6 Å². The first kappa shape index (κ1) is 26.8. The van der Waals surface area contributed by atoms with Crippen molar-refractivity contribution in [3.63, 3.8) is 0 Å². The monoisotopic (exact) mass is 542 g/mol. The third-order valence-electron chi connectivity index (χ3n) is 10.2. The largest absolute Gasteiger partial charge is 0.337 e. The zero-order valence-corrected chi connectivity index (χ0v) is 23.7. The molecule has 0 heterocycles. The molecule has 0 spiro atoms. The lowest BCUT2D eigenvalue weighted by molar-refractivity contribution is -0.128. The highest BCUT2D eigenvalue weighted by atomic mass is 35.5. The molecule has 37 heavy (non-hydrogen) atoms. The highest BCUT2D eigenvalue weighted by molar-refractivity contribution is 8.00. The number of benzene rings is 1. The predicted octanol–water partition coefficient (Wildman–Crippen LogP) is 6.85. The van der Waals surface area contributed by atoms with Crippen LogP contribution in [0.1, 0.15) is 65.7 Å². The number of carbonyl (C=O) groups is 3. The van der Waals surface area contributed by atoms with Crippen molar-refractivity contribution in [3.8, 4) is 0 Å². The van der Waals surface area contributed by atoms with Crippen molar-refractivity contribution in [2.24, 2.45) is 34.5 Å². The molecule has 0 aromatic heterocycles. The molecule has 0 saturated heterocycles. The summed E-state index contributed by atoms with van der Waals surface area (Å²) in [4.78, 5) is 38.3. The molecule has 4 aliphatic rings. The van der Waals surface area contributed by atoms with Crippen LogP contribution in [0.25, 0.3) is 0 Å². The summed E-state index contributed by atoms with van der Waals surface area (Å²) in [5.74, 6) is 2.81. The van der Waals surface area contributed by atoms with Gasteiger partial charge in [0.2, 0.25) is 0 Å². The standard InChI is InChI=1S/C30H39ClN2O3S/c1-18(34)23-8-9-24-27-25(11-13-30(23,24)3)29(2)12-10-21(35)16-19(29)17-26(27)37-22-6-4-20(5-7-22)33-28(36)32-15-14-31/h4-7,16,23-27H,8-15,17H2,1-3H3,(H2,32,33,36)/t23?,24?,25?,26-,27?,29+,30-/m1/s1. The maximum Gasteiger partial charge on any atom is 0.319 e. The van der Waals surface area contributed by atoms with E-state index in [1.807, 2.05) is 30.0 Å². The van der Waals surface area contributed by atoms with Crippen LogP contribution >= 0.6 is 23.4 Å². The molecular weight excluding hydrogens is 504 g/mol. The fraction of sp³-hybridized carbons (Fsp3) is 0.633. The summed E-state index contributed by atoms with van der Waals surface area (Å²) in [7, 11) is 0. The lowest BCUT2D eigenvalue weighted by Gasteiger charge is -2.60. The number of thioether (sulfide) groups is 1. The summed E-state index contributed by atoms with van der Waals surface area (Å²) in [6.45, 7) is 7.02.